The fraction of sp³-hybridized carbons (Fsp3) is 0.800. The molecule has 4 nitrogen and oxygen atoms in total. The van der Waals surface area contributed by atoms with Crippen LogP contribution in [0.5, 0.6) is 0 Å². The van der Waals surface area contributed by atoms with Crippen LogP contribution in [0.25, 0.3) is 0 Å². The van der Waals surface area contributed by atoms with Crippen LogP contribution >= 0.6 is 0 Å². The van der Waals surface area contributed by atoms with Crippen molar-refractivity contribution in [1.29, 1.82) is 0 Å². The summed E-state index contributed by atoms with van der Waals surface area (Å²) in [6.07, 6.45) is 0.449. The third-order valence-corrected chi connectivity index (χ3v) is 0.818. The zero-order chi connectivity index (χ0) is 7.11. The van der Waals surface area contributed by atoms with Gasteiger partial charge in [0.1, 0.15) is 0 Å². The first-order valence-electron chi connectivity index (χ1n) is 2.77. The fourth-order valence-corrected chi connectivity index (χ4v) is 0.403. The monoisotopic (exact) mass is 132 g/mol. The van der Waals surface area contributed by atoms with Gasteiger partial charge in [0.25, 0.3) is 0 Å². The van der Waals surface area contributed by atoms with E-state index in [1.165, 1.54) is 7.11 Å². The summed E-state index contributed by atoms with van der Waals surface area (Å²) in [6.45, 7) is 0.676. The topological polar surface area (TPSA) is 50.4 Å². The highest BCUT2D eigenvalue weighted by Gasteiger charge is 1.95. The van der Waals surface area contributed by atoms with E-state index in [-0.39, 0.29) is 5.91 Å². The maximum Gasteiger partial charge on any atom is 0.244 e. The van der Waals surface area contributed by atoms with E-state index in [0.29, 0.717) is 13.0 Å². The molecule has 0 fully saturated rings. The van der Waals surface area contributed by atoms with Gasteiger partial charge in [-0.15, -0.1) is 0 Å². The summed E-state index contributed by atoms with van der Waals surface area (Å²) in [7, 11) is 3.21. The summed E-state index contributed by atoms with van der Waals surface area (Å²) in [6, 6.07) is 0. The Bertz CT molecular complexity index is 85.0. The molecule has 0 spiro atoms. The van der Waals surface area contributed by atoms with Gasteiger partial charge in [-0.3, -0.25) is 9.63 Å². The van der Waals surface area contributed by atoms with Gasteiger partial charge in [-0.05, 0) is 7.05 Å². The summed E-state index contributed by atoms with van der Waals surface area (Å²) < 4.78 is 0. The molecule has 0 atom stereocenters. The van der Waals surface area contributed by atoms with Crippen molar-refractivity contribution in [1.82, 2.24) is 10.8 Å². The average molecular weight is 132 g/mol. The molecule has 0 saturated heterocycles. The number of hydroxylamine groups is 1. The number of nitrogens with one attached hydrogen (secondary N) is 2. The fourth-order valence-electron chi connectivity index (χ4n) is 0.403. The molecule has 0 aromatic carbocycles. The summed E-state index contributed by atoms with van der Waals surface area (Å²) in [4.78, 5) is 14.9. The van der Waals surface area contributed by atoms with E-state index in [0.717, 1.165) is 0 Å². The Labute approximate surface area is 54.5 Å². The van der Waals surface area contributed by atoms with Gasteiger partial charge >= 0.3 is 0 Å². The predicted molar refractivity (Wildman–Crippen MR) is 33.7 cm³/mol. The molecule has 0 saturated carbocycles. The Morgan fingerprint density at radius 1 is 1.67 bits per heavy atom. The first kappa shape index (κ1) is 8.39. The van der Waals surface area contributed by atoms with E-state index in [1.54, 1.807) is 7.05 Å². The minimum atomic E-state index is -0.105. The Hall–Kier alpha value is -0.610. The Morgan fingerprint density at radius 3 is 2.78 bits per heavy atom. The van der Waals surface area contributed by atoms with Crippen molar-refractivity contribution in [2.24, 2.45) is 0 Å². The van der Waals surface area contributed by atoms with Gasteiger partial charge in [-0.1, -0.05) is 0 Å². The van der Waals surface area contributed by atoms with Crippen LogP contribution in [0, 0.1) is 0 Å². The molecule has 0 unspecified atom stereocenters. The van der Waals surface area contributed by atoms with E-state index in [9.17, 15) is 4.79 Å². The molecule has 0 aliphatic heterocycles. The number of rotatable bonds is 4. The first-order valence-corrected chi connectivity index (χ1v) is 2.77. The summed E-state index contributed by atoms with van der Waals surface area (Å²) >= 11 is 0. The second-order valence-electron chi connectivity index (χ2n) is 1.58. The number of hydrogen-bond acceptors (Lipinski definition) is 3. The third-order valence-electron chi connectivity index (χ3n) is 0.818. The summed E-state index contributed by atoms with van der Waals surface area (Å²) in [5.41, 5.74) is 2.20. The number of carbonyl (C=O) groups excluding carboxylic acids is 1. The number of amides is 1. The molecule has 0 aliphatic carbocycles. The third kappa shape index (κ3) is 5.26. The van der Waals surface area contributed by atoms with Gasteiger partial charge in [0, 0.05) is 13.0 Å². The molecule has 4 heteroatoms. The molecular formula is C5H12N2O2. The van der Waals surface area contributed by atoms with Crippen LogP contribution in [0.4, 0.5) is 0 Å². The standard InChI is InChI=1S/C5H12N2O2/c1-6-4-3-5(8)7-9-2/h6H,3-4H2,1-2H3,(H,7,8). The lowest BCUT2D eigenvalue weighted by molar-refractivity contribution is -0.131. The molecule has 0 aromatic rings. The lowest BCUT2D eigenvalue weighted by atomic mass is 10.4. The highest BCUT2D eigenvalue weighted by atomic mass is 16.6. The van der Waals surface area contributed by atoms with Gasteiger partial charge in [0.05, 0.1) is 7.11 Å². The van der Waals surface area contributed by atoms with Crippen LogP contribution in [0.1, 0.15) is 6.42 Å². The smallest absolute Gasteiger partial charge is 0.244 e. The molecule has 0 aliphatic rings. The summed E-state index contributed by atoms with van der Waals surface area (Å²) in [5.74, 6) is -0.105. The van der Waals surface area contributed by atoms with Gasteiger partial charge < -0.3 is 5.32 Å². The Kier molecular flexibility index (Phi) is 5.15. The number of carbonyl (C=O) groups is 1. The van der Waals surface area contributed by atoms with E-state index in [1.807, 2.05) is 0 Å². The minimum Gasteiger partial charge on any atom is -0.319 e. The highest BCUT2D eigenvalue weighted by Crippen LogP contribution is 1.73. The normalized spacial score (nSPS) is 9.11. The van der Waals surface area contributed by atoms with Gasteiger partial charge in [-0.2, -0.15) is 0 Å². The molecule has 9 heavy (non-hydrogen) atoms. The molecule has 0 aromatic heterocycles. The molecule has 1 amide bonds. The second kappa shape index (κ2) is 5.53. The molecule has 54 valence electrons. The summed E-state index contributed by atoms with van der Waals surface area (Å²) in [5, 5.41) is 2.84. The van der Waals surface area contributed by atoms with Crippen LogP contribution in [-0.2, 0) is 9.63 Å². The Morgan fingerprint density at radius 2 is 2.33 bits per heavy atom. The molecule has 0 rings (SSSR count). The average Bonchev–Trinajstić information content (AvgIpc) is 1.85. The minimum absolute atomic E-state index is 0.105. The maximum absolute atomic E-state index is 10.5. The van der Waals surface area contributed by atoms with Gasteiger partial charge in [0.15, 0.2) is 0 Å². The zero-order valence-electron chi connectivity index (χ0n) is 5.73. The van der Waals surface area contributed by atoms with Crippen molar-refractivity contribution in [2.75, 3.05) is 20.7 Å². The van der Waals surface area contributed by atoms with Gasteiger partial charge in [0.2, 0.25) is 5.91 Å². The van der Waals surface area contributed by atoms with Crippen LogP contribution in [-0.4, -0.2) is 26.6 Å². The largest absolute Gasteiger partial charge is 0.319 e. The van der Waals surface area contributed by atoms with Crippen molar-refractivity contribution in [2.45, 2.75) is 6.42 Å². The predicted octanol–water partition coefficient (Wildman–Crippen LogP) is -0.726. The van der Waals surface area contributed by atoms with Crippen LogP contribution in [0.15, 0.2) is 0 Å². The first-order chi connectivity index (χ1) is 4.31. The molecule has 0 bridgehead atoms. The van der Waals surface area contributed by atoms with E-state index in [2.05, 4.69) is 15.6 Å². The molecule has 0 heterocycles. The van der Waals surface area contributed by atoms with Crippen molar-refractivity contribution in [3.8, 4) is 0 Å². The van der Waals surface area contributed by atoms with Crippen molar-refractivity contribution < 1.29 is 9.63 Å². The SMILES string of the molecule is CNCCC(=O)NOC. The second-order valence-corrected chi connectivity index (χ2v) is 1.58. The lowest BCUT2D eigenvalue weighted by Crippen LogP contribution is -2.25. The molecule has 2 N–H and O–H groups in total. The van der Waals surface area contributed by atoms with Crippen molar-refractivity contribution in [3.63, 3.8) is 0 Å². The number of hydrogen-bond donors (Lipinski definition) is 2. The molecular weight excluding hydrogens is 120 g/mol. The van der Waals surface area contributed by atoms with Crippen molar-refractivity contribution in [3.05, 3.63) is 0 Å². The van der Waals surface area contributed by atoms with Crippen LogP contribution < -0.4 is 10.8 Å². The molecule has 0 radical (unpaired) electrons. The van der Waals surface area contributed by atoms with Gasteiger partial charge in [-0.25, -0.2) is 5.48 Å². The quantitative estimate of drug-likeness (QED) is 0.496. The Balaban J connectivity index is 3.06. The van der Waals surface area contributed by atoms with Crippen LogP contribution in [0.3, 0.4) is 0 Å². The maximum atomic E-state index is 10.5. The highest BCUT2D eigenvalue weighted by molar-refractivity contribution is 5.74. The van der Waals surface area contributed by atoms with E-state index < -0.39 is 0 Å². The lowest BCUT2D eigenvalue weighted by Gasteiger charge is -1.99. The van der Waals surface area contributed by atoms with E-state index >= 15 is 0 Å². The van der Waals surface area contributed by atoms with Crippen LogP contribution in [0.2, 0.25) is 0 Å². The zero-order valence-corrected chi connectivity index (χ0v) is 5.73. The van der Waals surface area contributed by atoms with E-state index in [4.69, 9.17) is 0 Å². The van der Waals surface area contributed by atoms with Crippen molar-refractivity contribution >= 4 is 5.91 Å².